The largest absolute Gasteiger partial charge is 0.394 e. The number of rotatable bonds is 6. The number of nitrogens with one attached hydrogen (secondary N) is 1. The van der Waals surface area contributed by atoms with Crippen LogP contribution >= 0.6 is 11.8 Å². The predicted octanol–water partition coefficient (Wildman–Crippen LogP) is -1.69. The Balaban J connectivity index is 2.71. The molecule has 4 N–H and O–H groups in total. The summed E-state index contributed by atoms with van der Waals surface area (Å²) in [7, 11) is 0. The quantitative estimate of drug-likeness (QED) is 0.433. The first-order valence-corrected chi connectivity index (χ1v) is 7.40. The highest BCUT2D eigenvalue weighted by atomic mass is 32.2. The Bertz CT molecular complexity index is 292. The molecule has 1 heterocycles. The summed E-state index contributed by atoms with van der Waals surface area (Å²) in [4.78, 5) is 11.1. The topological polar surface area (TPSA) is 108 Å². The number of aliphatic hydroxyl groups is 3. The maximum Gasteiger partial charge on any atom is 0.217 e. The third-order valence-electron chi connectivity index (χ3n) is 2.82. The molecule has 1 fully saturated rings. The van der Waals surface area contributed by atoms with E-state index in [-0.39, 0.29) is 5.91 Å². The van der Waals surface area contributed by atoms with E-state index in [1.54, 1.807) is 11.8 Å². The minimum atomic E-state index is -1.28. The van der Waals surface area contributed by atoms with Crippen molar-refractivity contribution >= 4 is 17.7 Å². The van der Waals surface area contributed by atoms with Crippen LogP contribution in [0.3, 0.4) is 0 Å². The normalized spacial score (nSPS) is 35.1. The molecule has 1 saturated heterocycles. The maximum atomic E-state index is 11.1. The summed E-state index contributed by atoms with van der Waals surface area (Å²) in [6, 6.07) is -0.864. The van der Waals surface area contributed by atoms with Crippen molar-refractivity contribution in [3.05, 3.63) is 0 Å². The summed E-state index contributed by atoms with van der Waals surface area (Å²) in [5.74, 6) is 0.371. The summed E-state index contributed by atoms with van der Waals surface area (Å²) in [6.45, 7) is 1.24. The van der Waals surface area contributed by atoms with Crippen LogP contribution in [0.2, 0.25) is 0 Å². The van der Waals surface area contributed by atoms with Gasteiger partial charge in [0.15, 0.2) is 6.29 Å². The van der Waals surface area contributed by atoms with Crippen molar-refractivity contribution in [1.82, 2.24) is 5.32 Å². The summed E-state index contributed by atoms with van der Waals surface area (Å²) < 4.78 is 10.8. The number of carbonyl (C=O) groups excluding carboxylic acids is 1. The monoisotopic (exact) mass is 295 g/mol. The van der Waals surface area contributed by atoms with Gasteiger partial charge in [0, 0.05) is 12.7 Å². The average Bonchev–Trinajstić information content (AvgIpc) is 2.37. The Morgan fingerprint density at radius 2 is 2.11 bits per heavy atom. The number of aliphatic hydroxyl groups excluding tert-OH is 3. The zero-order chi connectivity index (χ0) is 14.4. The molecule has 19 heavy (non-hydrogen) atoms. The van der Waals surface area contributed by atoms with E-state index in [0.29, 0.717) is 6.61 Å². The molecule has 0 aromatic rings. The summed E-state index contributed by atoms with van der Waals surface area (Å²) in [5, 5.41) is 31.3. The molecular weight excluding hydrogens is 274 g/mol. The smallest absolute Gasteiger partial charge is 0.217 e. The van der Waals surface area contributed by atoms with E-state index in [4.69, 9.17) is 14.6 Å². The lowest BCUT2D eigenvalue weighted by atomic mass is 9.97. The van der Waals surface area contributed by atoms with Crippen molar-refractivity contribution in [3.8, 4) is 0 Å². The van der Waals surface area contributed by atoms with Crippen molar-refractivity contribution in [2.75, 3.05) is 25.2 Å². The third kappa shape index (κ3) is 4.59. The van der Waals surface area contributed by atoms with Gasteiger partial charge in [0.05, 0.1) is 13.2 Å². The zero-order valence-electron chi connectivity index (χ0n) is 11.0. The highest BCUT2D eigenvalue weighted by Gasteiger charge is 2.45. The fourth-order valence-corrected chi connectivity index (χ4v) is 2.12. The standard InChI is InChI=1S/C11H21NO6S/c1-6(14)12-8-10(16)9(15)7(5-13)18-11(8)17-3-4-19-2/h7-11,13,15-16H,3-5H2,1-2H3,(H,12,14)/t7?,8?,9-,10?,11?/m1/s1. The second-order valence-corrected chi connectivity index (χ2v) is 5.28. The third-order valence-corrected chi connectivity index (χ3v) is 3.40. The van der Waals surface area contributed by atoms with E-state index < -0.39 is 37.3 Å². The molecule has 0 bridgehead atoms. The van der Waals surface area contributed by atoms with Gasteiger partial charge in [0.25, 0.3) is 0 Å². The van der Waals surface area contributed by atoms with Gasteiger partial charge in [0.1, 0.15) is 24.4 Å². The number of carbonyl (C=O) groups is 1. The number of thioether (sulfide) groups is 1. The van der Waals surface area contributed by atoms with Gasteiger partial charge < -0.3 is 30.1 Å². The molecule has 112 valence electrons. The van der Waals surface area contributed by atoms with Crippen LogP contribution in [0.1, 0.15) is 6.92 Å². The molecule has 7 nitrogen and oxygen atoms in total. The molecule has 1 aliphatic rings. The average molecular weight is 295 g/mol. The first-order chi connectivity index (χ1) is 9.01. The number of hydrogen-bond acceptors (Lipinski definition) is 7. The van der Waals surface area contributed by atoms with Crippen LogP contribution in [0.4, 0.5) is 0 Å². The second-order valence-electron chi connectivity index (χ2n) is 4.30. The van der Waals surface area contributed by atoms with Crippen molar-refractivity contribution < 1.29 is 29.6 Å². The lowest BCUT2D eigenvalue weighted by molar-refractivity contribution is -0.268. The highest BCUT2D eigenvalue weighted by molar-refractivity contribution is 7.98. The summed E-state index contributed by atoms with van der Waals surface area (Å²) in [6.07, 6.45) is -2.44. The summed E-state index contributed by atoms with van der Waals surface area (Å²) in [5.41, 5.74) is 0. The molecule has 5 atom stereocenters. The van der Waals surface area contributed by atoms with Crippen molar-refractivity contribution in [3.63, 3.8) is 0 Å². The van der Waals surface area contributed by atoms with Crippen LogP contribution in [0.25, 0.3) is 0 Å². The van der Waals surface area contributed by atoms with E-state index in [2.05, 4.69) is 5.32 Å². The first kappa shape index (κ1) is 16.7. The van der Waals surface area contributed by atoms with Crippen LogP contribution in [-0.4, -0.2) is 77.1 Å². The lowest BCUT2D eigenvalue weighted by Crippen LogP contribution is -2.64. The highest BCUT2D eigenvalue weighted by Crippen LogP contribution is 2.22. The van der Waals surface area contributed by atoms with Gasteiger partial charge >= 0.3 is 0 Å². The SMILES string of the molecule is CSCCOC1OC(CO)[C@@H](O)C(O)C1NC(C)=O. The molecule has 1 amide bonds. The minimum absolute atomic E-state index is 0.360. The number of hydrogen-bond donors (Lipinski definition) is 4. The molecule has 0 aromatic heterocycles. The van der Waals surface area contributed by atoms with E-state index in [0.717, 1.165) is 5.75 Å². The second kappa shape index (κ2) is 8.03. The molecule has 8 heteroatoms. The van der Waals surface area contributed by atoms with Crippen molar-refractivity contribution in [2.45, 2.75) is 37.6 Å². The zero-order valence-corrected chi connectivity index (χ0v) is 11.8. The fourth-order valence-electron chi connectivity index (χ4n) is 1.86. The van der Waals surface area contributed by atoms with Crippen molar-refractivity contribution in [1.29, 1.82) is 0 Å². The van der Waals surface area contributed by atoms with Gasteiger partial charge in [0.2, 0.25) is 5.91 Å². The van der Waals surface area contributed by atoms with Crippen molar-refractivity contribution in [2.24, 2.45) is 0 Å². The molecule has 0 saturated carbocycles. The fraction of sp³-hybridized carbons (Fsp3) is 0.909. The Morgan fingerprint density at radius 1 is 1.42 bits per heavy atom. The van der Waals surface area contributed by atoms with Crippen LogP contribution in [0.5, 0.6) is 0 Å². The van der Waals surface area contributed by atoms with Crippen LogP contribution < -0.4 is 5.32 Å². The Morgan fingerprint density at radius 3 is 2.63 bits per heavy atom. The maximum absolute atomic E-state index is 11.1. The lowest BCUT2D eigenvalue weighted by Gasteiger charge is -2.42. The molecule has 0 spiro atoms. The molecule has 4 unspecified atom stereocenters. The molecule has 1 aliphatic heterocycles. The molecular formula is C11H21NO6S. The van der Waals surface area contributed by atoms with Gasteiger partial charge in [-0.15, -0.1) is 0 Å². The van der Waals surface area contributed by atoms with Crippen LogP contribution in [-0.2, 0) is 14.3 Å². The molecule has 0 aliphatic carbocycles. The van der Waals surface area contributed by atoms with Gasteiger partial charge in [-0.3, -0.25) is 4.79 Å². The summed E-state index contributed by atoms with van der Waals surface area (Å²) >= 11 is 1.58. The Kier molecular flexibility index (Phi) is 7.05. The predicted molar refractivity (Wildman–Crippen MR) is 69.7 cm³/mol. The van der Waals surface area contributed by atoms with Gasteiger partial charge in [-0.2, -0.15) is 11.8 Å². The number of ether oxygens (including phenoxy) is 2. The van der Waals surface area contributed by atoms with Gasteiger partial charge in [-0.1, -0.05) is 0 Å². The first-order valence-electron chi connectivity index (χ1n) is 6.01. The van der Waals surface area contributed by atoms with E-state index >= 15 is 0 Å². The molecule has 0 radical (unpaired) electrons. The van der Waals surface area contributed by atoms with Gasteiger partial charge in [-0.05, 0) is 6.26 Å². The Hall–Kier alpha value is -0.380. The Labute approximate surface area is 116 Å². The molecule has 0 aromatic carbocycles. The van der Waals surface area contributed by atoms with Crippen LogP contribution in [0.15, 0.2) is 0 Å². The number of amides is 1. The van der Waals surface area contributed by atoms with E-state index in [9.17, 15) is 15.0 Å². The van der Waals surface area contributed by atoms with E-state index in [1.165, 1.54) is 6.92 Å². The van der Waals surface area contributed by atoms with E-state index in [1.807, 2.05) is 6.26 Å². The van der Waals surface area contributed by atoms with Crippen LogP contribution in [0, 0.1) is 0 Å². The molecule has 1 rings (SSSR count). The van der Waals surface area contributed by atoms with Gasteiger partial charge in [-0.25, -0.2) is 0 Å². The minimum Gasteiger partial charge on any atom is -0.394 e.